The maximum atomic E-state index is 4.76. The summed E-state index contributed by atoms with van der Waals surface area (Å²) in [7, 11) is 0. The minimum atomic E-state index is 0.762. The van der Waals surface area contributed by atoms with Crippen molar-refractivity contribution in [2.45, 2.75) is 26.3 Å². The lowest BCUT2D eigenvalue weighted by Crippen LogP contribution is -2.18. The quantitative estimate of drug-likeness (QED) is 0.716. The average molecular weight is 358 g/mol. The third kappa shape index (κ3) is 2.77. The fourth-order valence-electron chi connectivity index (χ4n) is 3.81. The summed E-state index contributed by atoms with van der Waals surface area (Å²) in [5.74, 6) is 1.05. The molecule has 5 heterocycles. The zero-order chi connectivity index (χ0) is 18.4. The molecule has 3 aromatic rings. The molecule has 136 valence electrons. The number of aryl methyl sites for hydroxylation is 1. The van der Waals surface area contributed by atoms with Crippen molar-refractivity contribution in [3.05, 3.63) is 66.4 Å². The summed E-state index contributed by atoms with van der Waals surface area (Å²) in [6.07, 6.45) is 8.38. The highest BCUT2D eigenvalue weighted by Gasteiger charge is 2.27. The number of anilines is 2. The van der Waals surface area contributed by atoms with E-state index in [-0.39, 0.29) is 0 Å². The molecule has 27 heavy (non-hydrogen) atoms. The van der Waals surface area contributed by atoms with Gasteiger partial charge in [0, 0.05) is 30.5 Å². The molecule has 0 aromatic carbocycles. The summed E-state index contributed by atoms with van der Waals surface area (Å²) in [6, 6.07) is 8.28. The molecule has 0 saturated carbocycles. The van der Waals surface area contributed by atoms with Crippen molar-refractivity contribution in [1.82, 2.24) is 19.7 Å². The van der Waals surface area contributed by atoms with Gasteiger partial charge in [0.25, 0.3) is 0 Å². The number of rotatable bonds is 3. The molecular weight excluding hydrogens is 336 g/mol. The van der Waals surface area contributed by atoms with Crippen molar-refractivity contribution in [2.75, 3.05) is 22.9 Å². The Balaban J connectivity index is 1.38. The lowest BCUT2D eigenvalue weighted by Gasteiger charge is -2.19. The van der Waals surface area contributed by atoms with Crippen LogP contribution in [0.4, 0.5) is 11.5 Å². The Kier molecular flexibility index (Phi) is 3.70. The van der Waals surface area contributed by atoms with Crippen LogP contribution in [0.3, 0.4) is 0 Å². The molecule has 2 aliphatic rings. The maximum absolute atomic E-state index is 4.76. The molecule has 0 N–H and O–H groups in total. The molecule has 6 heteroatoms. The van der Waals surface area contributed by atoms with E-state index < -0.39 is 0 Å². The van der Waals surface area contributed by atoms with Crippen LogP contribution in [0.1, 0.15) is 29.8 Å². The van der Waals surface area contributed by atoms with Crippen molar-refractivity contribution in [3.63, 3.8) is 0 Å². The molecular formula is C21H22N6. The third-order valence-corrected chi connectivity index (χ3v) is 5.35. The Hall–Kier alpha value is -3.15. The first-order valence-corrected chi connectivity index (χ1v) is 9.38. The number of aromatic nitrogens is 4. The molecule has 0 unspecified atom stereocenters. The number of pyridine rings is 2. The molecule has 0 radical (unpaired) electrons. The summed E-state index contributed by atoms with van der Waals surface area (Å²) in [5, 5.41) is 4.76. The fourth-order valence-corrected chi connectivity index (χ4v) is 3.81. The molecule has 0 amide bonds. The Bertz CT molecular complexity index is 981. The van der Waals surface area contributed by atoms with Gasteiger partial charge in [-0.2, -0.15) is 5.10 Å². The zero-order valence-electron chi connectivity index (χ0n) is 15.5. The van der Waals surface area contributed by atoms with Crippen LogP contribution in [-0.2, 0) is 6.54 Å². The van der Waals surface area contributed by atoms with Crippen LogP contribution >= 0.6 is 0 Å². The van der Waals surface area contributed by atoms with Crippen LogP contribution in [0.5, 0.6) is 0 Å². The van der Waals surface area contributed by atoms with Gasteiger partial charge >= 0.3 is 0 Å². The van der Waals surface area contributed by atoms with Crippen molar-refractivity contribution < 1.29 is 0 Å². The average Bonchev–Trinajstić information content (AvgIpc) is 3.41. The first-order valence-electron chi connectivity index (χ1n) is 9.38. The van der Waals surface area contributed by atoms with Gasteiger partial charge in [-0.05, 0) is 44.0 Å². The molecule has 5 rings (SSSR count). The van der Waals surface area contributed by atoms with Crippen LogP contribution in [0.25, 0.3) is 11.4 Å². The molecule has 0 bridgehead atoms. The summed E-state index contributed by atoms with van der Waals surface area (Å²) in [6.45, 7) is 9.21. The lowest BCUT2D eigenvalue weighted by molar-refractivity contribution is 0.853. The number of hydrogen-bond donors (Lipinski definition) is 0. The summed E-state index contributed by atoms with van der Waals surface area (Å²) >= 11 is 0. The van der Waals surface area contributed by atoms with E-state index in [4.69, 9.17) is 5.10 Å². The van der Waals surface area contributed by atoms with Crippen LogP contribution < -0.4 is 9.80 Å². The lowest BCUT2D eigenvalue weighted by atomic mass is 10.3. The normalized spacial score (nSPS) is 16.3. The Morgan fingerprint density at radius 1 is 0.963 bits per heavy atom. The summed E-state index contributed by atoms with van der Waals surface area (Å²) < 4.78 is 1.90. The zero-order valence-corrected chi connectivity index (χ0v) is 15.5. The fraction of sp³-hybridized carbons (Fsp3) is 0.286. The van der Waals surface area contributed by atoms with Gasteiger partial charge in [-0.25, -0.2) is 9.67 Å². The minimum absolute atomic E-state index is 0.762. The van der Waals surface area contributed by atoms with E-state index in [0.29, 0.717) is 0 Å². The molecule has 3 aromatic heterocycles. The predicted octanol–water partition coefficient (Wildman–Crippen LogP) is 3.56. The Morgan fingerprint density at radius 3 is 2.41 bits per heavy atom. The first kappa shape index (κ1) is 16.1. The molecule has 0 atom stereocenters. The minimum Gasteiger partial charge on any atom is -0.357 e. The summed E-state index contributed by atoms with van der Waals surface area (Å²) in [5.41, 5.74) is 6.06. The second-order valence-electron chi connectivity index (χ2n) is 7.21. The highest BCUT2D eigenvalue weighted by molar-refractivity contribution is 5.81. The predicted molar refractivity (Wildman–Crippen MR) is 107 cm³/mol. The van der Waals surface area contributed by atoms with Crippen molar-refractivity contribution in [2.24, 2.45) is 0 Å². The van der Waals surface area contributed by atoms with Crippen LogP contribution in [0.15, 0.2) is 49.4 Å². The number of nitrogens with zero attached hydrogens (tertiary/aromatic N) is 6. The van der Waals surface area contributed by atoms with Gasteiger partial charge in [0.1, 0.15) is 11.5 Å². The summed E-state index contributed by atoms with van der Waals surface area (Å²) in [4.78, 5) is 13.5. The number of hydrogen-bond acceptors (Lipinski definition) is 5. The van der Waals surface area contributed by atoms with E-state index in [1.54, 1.807) is 0 Å². The van der Waals surface area contributed by atoms with E-state index >= 15 is 0 Å². The topological polar surface area (TPSA) is 50.1 Å². The molecule has 1 fully saturated rings. The van der Waals surface area contributed by atoms with Crippen LogP contribution in [-0.4, -0.2) is 32.8 Å². The highest BCUT2D eigenvalue weighted by atomic mass is 15.3. The van der Waals surface area contributed by atoms with Crippen molar-refractivity contribution in [3.8, 4) is 5.69 Å². The van der Waals surface area contributed by atoms with Gasteiger partial charge < -0.3 is 9.80 Å². The van der Waals surface area contributed by atoms with Gasteiger partial charge in [0.2, 0.25) is 0 Å². The largest absolute Gasteiger partial charge is 0.357 e. The van der Waals surface area contributed by atoms with E-state index in [9.17, 15) is 0 Å². The number of fused-ring (bicyclic) bond motifs is 1. The second-order valence-corrected chi connectivity index (χ2v) is 7.21. The first-order chi connectivity index (χ1) is 13.2. The van der Waals surface area contributed by atoms with Crippen molar-refractivity contribution >= 4 is 17.2 Å². The van der Waals surface area contributed by atoms with E-state index in [1.807, 2.05) is 30.1 Å². The molecule has 1 saturated heterocycles. The maximum Gasteiger partial charge on any atom is 0.128 e. The van der Waals surface area contributed by atoms with Crippen LogP contribution in [0.2, 0.25) is 0 Å². The molecule has 2 aliphatic heterocycles. The van der Waals surface area contributed by atoms with Crippen LogP contribution in [0, 0.1) is 6.92 Å². The van der Waals surface area contributed by atoms with Gasteiger partial charge in [-0.3, -0.25) is 4.98 Å². The van der Waals surface area contributed by atoms with Crippen molar-refractivity contribution in [1.29, 1.82) is 0 Å². The molecule has 6 nitrogen and oxygen atoms in total. The molecule has 0 spiro atoms. The van der Waals surface area contributed by atoms with E-state index in [1.165, 1.54) is 18.4 Å². The van der Waals surface area contributed by atoms with Gasteiger partial charge in [-0.1, -0.05) is 6.58 Å². The second kappa shape index (κ2) is 6.23. The van der Waals surface area contributed by atoms with Gasteiger partial charge in [0.05, 0.1) is 36.0 Å². The molecule has 0 aliphatic carbocycles. The highest BCUT2D eigenvalue weighted by Crippen LogP contribution is 2.35. The Morgan fingerprint density at radius 2 is 1.74 bits per heavy atom. The smallest absolute Gasteiger partial charge is 0.128 e. The van der Waals surface area contributed by atoms with E-state index in [0.717, 1.165) is 53.9 Å². The third-order valence-electron chi connectivity index (χ3n) is 5.35. The monoisotopic (exact) mass is 358 g/mol. The standard InChI is InChI=1S/C21H22N6/c1-15-5-6-18(11-22-15)26-13-17-14-27(24-21(17)16(26)2)19-7-8-20(23-12-19)25-9-3-4-10-25/h5-8,11-12,14H,2-4,9-10,13H2,1H3. The SMILES string of the molecule is C=C1c2nn(-c3ccc(N4CCCC4)nc3)cc2CN1c1ccc(C)nc1. The van der Waals surface area contributed by atoms with E-state index in [2.05, 4.69) is 50.7 Å². The van der Waals surface area contributed by atoms with Gasteiger partial charge in [-0.15, -0.1) is 0 Å². The Labute approximate surface area is 158 Å². The van der Waals surface area contributed by atoms with Gasteiger partial charge in [0.15, 0.2) is 0 Å².